The number of nitrogens with zero attached hydrogens (tertiary/aromatic N) is 2. The van der Waals surface area contributed by atoms with Gasteiger partial charge >= 0.3 is 5.97 Å². The molecule has 1 heterocycles. The standard InChI is InChI=1S/C19H18ClN3O3S/c1-12-9-15(7-8-16(12)20)26-10-17-21-19(23-22-17)27-11-13-3-5-14(6-4-13)18(24)25-2/h3-9H,10-11H2,1-2H3,(H,21,22,23). The van der Waals surface area contributed by atoms with E-state index in [2.05, 4.69) is 19.9 Å². The van der Waals surface area contributed by atoms with Gasteiger partial charge in [0.05, 0.1) is 12.7 Å². The van der Waals surface area contributed by atoms with Crippen molar-refractivity contribution in [2.75, 3.05) is 7.11 Å². The summed E-state index contributed by atoms with van der Waals surface area (Å²) >= 11 is 7.51. The topological polar surface area (TPSA) is 77.1 Å². The number of aromatic amines is 1. The maximum atomic E-state index is 11.4. The Bertz CT molecular complexity index is 928. The highest BCUT2D eigenvalue weighted by atomic mass is 35.5. The zero-order valence-corrected chi connectivity index (χ0v) is 16.4. The van der Waals surface area contributed by atoms with E-state index < -0.39 is 0 Å². The Balaban J connectivity index is 1.51. The molecule has 3 rings (SSSR count). The lowest BCUT2D eigenvalue weighted by Gasteiger charge is -2.05. The second kappa shape index (κ2) is 8.92. The minimum atomic E-state index is -0.344. The molecule has 8 heteroatoms. The number of esters is 1. The molecule has 0 radical (unpaired) electrons. The number of nitrogens with one attached hydrogen (secondary N) is 1. The predicted molar refractivity (Wildman–Crippen MR) is 104 cm³/mol. The van der Waals surface area contributed by atoms with Gasteiger partial charge in [-0.25, -0.2) is 9.78 Å². The van der Waals surface area contributed by atoms with Gasteiger partial charge in [-0.15, -0.1) is 5.10 Å². The first-order valence-electron chi connectivity index (χ1n) is 8.15. The van der Waals surface area contributed by atoms with Crippen molar-refractivity contribution >= 4 is 29.3 Å². The van der Waals surface area contributed by atoms with E-state index in [1.807, 2.05) is 31.2 Å². The Morgan fingerprint density at radius 2 is 2.00 bits per heavy atom. The highest BCUT2D eigenvalue weighted by molar-refractivity contribution is 7.98. The third-order valence-electron chi connectivity index (χ3n) is 3.76. The van der Waals surface area contributed by atoms with Gasteiger partial charge in [0.2, 0.25) is 5.16 Å². The Kier molecular flexibility index (Phi) is 6.36. The summed E-state index contributed by atoms with van der Waals surface area (Å²) in [7, 11) is 1.37. The maximum Gasteiger partial charge on any atom is 0.337 e. The van der Waals surface area contributed by atoms with Crippen LogP contribution in [0.3, 0.4) is 0 Å². The number of aromatic nitrogens is 3. The Morgan fingerprint density at radius 3 is 2.70 bits per heavy atom. The van der Waals surface area contributed by atoms with E-state index >= 15 is 0 Å². The van der Waals surface area contributed by atoms with Gasteiger partial charge < -0.3 is 9.47 Å². The number of rotatable bonds is 7. The summed E-state index contributed by atoms with van der Waals surface area (Å²) in [4.78, 5) is 15.8. The monoisotopic (exact) mass is 403 g/mol. The molecule has 0 amide bonds. The van der Waals surface area contributed by atoms with Crippen LogP contribution < -0.4 is 4.74 Å². The van der Waals surface area contributed by atoms with Crippen LogP contribution in [-0.2, 0) is 17.1 Å². The molecule has 27 heavy (non-hydrogen) atoms. The summed E-state index contributed by atoms with van der Waals surface area (Å²) in [5, 5.41) is 8.41. The Morgan fingerprint density at radius 1 is 1.22 bits per heavy atom. The van der Waals surface area contributed by atoms with Gasteiger partial charge in [-0.2, -0.15) is 0 Å². The Labute approximate surface area is 166 Å². The van der Waals surface area contributed by atoms with Crippen molar-refractivity contribution in [2.45, 2.75) is 24.4 Å². The molecule has 0 aliphatic carbocycles. The molecule has 0 saturated carbocycles. The molecular weight excluding hydrogens is 386 g/mol. The fourth-order valence-corrected chi connectivity index (χ4v) is 3.16. The number of ether oxygens (including phenoxy) is 2. The van der Waals surface area contributed by atoms with Gasteiger partial charge in [0.1, 0.15) is 12.4 Å². The van der Waals surface area contributed by atoms with Crippen molar-refractivity contribution in [3.05, 3.63) is 70.0 Å². The molecule has 2 aromatic carbocycles. The molecule has 1 N–H and O–H groups in total. The summed E-state index contributed by atoms with van der Waals surface area (Å²) < 4.78 is 10.4. The normalized spacial score (nSPS) is 10.6. The number of thioether (sulfide) groups is 1. The molecule has 0 atom stereocenters. The lowest BCUT2D eigenvalue weighted by molar-refractivity contribution is 0.0600. The molecule has 0 unspecified atom stereocenters. The minimum absolute atomic E-state index is 0.294. The van der Waals surface area contributed by atoms with Crippen LogP contribution >= 0.6 is 23.4 Å². The van der Waals surface area contributed by atoms with Crippen LogP contribution in [0.1, 0.15) is 27.3 Å². The van der Waals surface area contributed by atoms with Crippen LogP contribution in [0.5, 0.6) is 5.75 Å². The first-order valence-corrected chi connectivity index (χ1v) is 9.52. The lowest BCUT2D eigenvalue weighted by Crippen LogP contribution is -2.00. The van der Waals surface area contributed by atoms with Crippen LogP contribution in [0.4, 0.5) is 0 Å². The predicted octanol–water partition coefficient (Wildman–Crippen LogP) is 4.42. The summed E-state index contributed by atoms with van der Waals surface area (Å²) in [6, 6.07) is 12.8. The minimum Gasteiger partial charge on any atom is -0.486 e. The second-order valence-corrected chi connectivity index (χ2v) is 7.09. The molecule has 6 nitrogen and oxygen atoms in total. The number of aryl methyl sites for hydroxylation is 1. The average molecular weight is 404 g/mol. The van der Waals surface area contributed by atoms with Crippen molar-refractivity contribution < 1.29 is 14.3 Å². The number of hydrogen-bond acceptors (Lipinski definition) is 6. The fraction of sp³-hybridized carbons (Fsp3) is 0.211. The molecule has 3 aromatic rings. The first-order chi connectivity index (χ1) is 13.0. The van der Waals surface area contributed by atoms with Crippen LogP contribution in [0.15, 0.2) is 47.6 Å². The summed E-state index contributed by atoms with van der Waals surface area (Å²) in [5.74, 6) is 1.72. The fourth-order valence-electron chi connectivity index (χ4n) is 2.27. The SMILES string of the molecule is COC(=O)c1ccc(CSc2n[nH]c(COc3ccc(Cl)c(C)c3)n2)cc1. The average Bonchev–Trinajstić information content (AvgIpc) is 3.15. The number of hydrogen-bond donors (Lipinski definition) is 1. The highest BCUT2D eigenvalue weighted by Crippen LogP contribution is 2.22. The number of carbonyl (C=O) groups excluding carboxylic acids is 1. The largest absolute Gasteiger partial charge is 0.486 e. The molecule has 140 valence electrons. The number of benzene rings is 2. The smallest absolute Gasteiger partial charge is 0.337 e. The van der Waals surface area contributed by atoms with Crippen molar-refractivity contribution in [1.29, 1.82) is 0 Å². The van der Waals surface area contributed by atoms with Gasteiger partial charge in [-0.3, -0.25) is 5.10 Å². The number of carbonyl (C=O) groups is 1. The van der Waals surface area contributed by atoms with E-state index in [4.69, 9.17) is 16.3 Å². The van der Waals surface area contributed by atoms with E-state index in [-0.39, 0.29) is 5.97 Å². The van der Waals surface area contributed by atoms with Crippen LogP contribution in [0, 0.1) is 6.92 Å². The van der Waals surface area contributed by atoms with Crippen LogP contribution in [0.25, 0.3) is 0 Å². The van der Waals surface area contributed by atoms with Crippen molar-refractivity contribution in [1.82, 2.24) is 15.2 Å². The molecule has 0 fully saturated rings. The Hall–Kier alpha value is -2.51. The zero-order chi connectivity index (χ0) is 19.2. The zero-order valence-electron chi connectivity index (χ0n) is 14.9. The van der Waals surface area contributed by atoms with Crippen molar-refractivity contribution in [3.8, 4) is 5.75 Å². The molecule has 0 aliphatic heterocycles. The van der Waals surface area contributed by atoms with Crippen LogP contribution in [0.2, 0.25) is 5.02 Å². The van der Waals surface area contributed by atoms with E-state index in [1.54, 1.807) is 18.2 Å². The summed E-state index contributed by atoms with van der Waals surface area (Å²) in [6.45, 7) is 2.22. The summed E-state index contributed by atoms with van der Waals surface area (Å²) in [5.41, 5.74) is 2.55. The van der Waals surface area contributed by atoms with Crippen LogP contribution in [-0.4, -0.2) is 28.3 Å². The highest BCUT2D eigenvalue weighted by Gasteiger charge is 2.08. The first kappa shape index (κ1) is 19.3. The van der Waals surface area contributed by atoms with Gasteiger partial charge in [-0.1, -0.05) is 35.5 Å². The van der Waals surface area contributed by atoms with Crippen molar-refractivity contribution in [2.24, 2.45) is 0 Å². The lowest BCUT2D eigenvalue weighted by atomic mass is 10.1. The number of methoxy groups -OCH3 is 1. The molecule has 0 saturated heterocycles. The molecule has 0 spiro atoms. The third kappa shape index (κ3) is 5.24. The van der Waals surface area contributed by atoms with E-state index in [0.717, 1.165) is 16.9 Å². The molecular formula is C19H18ClN3O3S. The van der Waals surface area contributed by atoms with E-state index in [0.29, 0.717) is 33.9 Å². The molecule has 0 bridgehead atoms. The van der Waals surface area contributed by atoms with Gasteiger partial charge in [-0.05, 0) is 48.4 Å². The van der Waals surface area contributed by atoms with Crippen molar-refractivity contribution in [3.63, 3.8) is 0 Å². The maximum absolute atomic E-state index is 11.4. The van der Waals surface area contributed by atoms with E-state index in [1.165, 1.54) is 18.9 Å². The number of halogens is 1. The number of H-pyrrole nitrogens is 1. The van der Waals surface area contributed by atoms with Gasteiger partial charge in [0.15, 0.2) is 5.82 Å². The summed E-state index contributed by atoms with van der Waals surface area (Å²) in [6.07, 6.45) is 0. The van der Waals surface area contributed by atoms with Gasteiger partial charge in [0, 0.05) is 10.8 Å². The second-order valence-electron chi connectivity index (χ2n) is 5.74. The quantitative estimate of drug-likeness (QED) is 0.464. The van der Waals surface area contributed by atoms with E-state index in [9.17, 15) is 4.79 Å². The third-order valence-corrected chi connectivity index (χ3v) is 5.10. The molecule has 1 aromatic heterocycles. The molecule has 0 aliphatic rings. The van der Waals surface area contributed by atoms with Gasteiger partial charge in [0.25, 0.3) is 0 Å².